The van der Waals surface area contributed by atoms with Crippen LogP contribution in [0.2, 0.25) is 0 Å². The summed E-state index contributed by atoms with van der Waals surface area (Å²) in [7, 11) is 1.11. The Morgan fingerprint density at radius 2 is 1.34 bits per heavy atom. The average Bonchev–Trinajstić information content (AvgIpc) is 2.91. The van der Waals surface area contributed by atoms with Gasteiger partial charge < -0.3 is 20.1 Å². The van der Waals surface area contributed by atoms with Gasteiger partial charge in [0.25, 0.3) is 0 Å². The van der Waals surface area contributed by atoms with Crippen molar-refractivity contribution in [2.24, 2.45) is 0 Å². The summed E-state index contributed by atoms with van der Waals surface area (Å²) in [5.74, 6) is -1.58. The van der Waals surface area contributed by atoms with Gasteiger partial charge in [-0.15, -0.1) is 0 Å². The van der Waals surface area contributed by atoms with Gasteiger partial charge in [-0.05, 0) is 22.8 Å². The molecule has 2 N–H and O–H groups in total. The molecule has 0 bridgehead atoms. The van der Waals surface area contributed by atoms with Crippen LogP contribution in [0.3, 0.4) is 0 Å². The van der Waals surface area contributed by atoms with Gasteiger partial charge in [0.2, 0.25) is 5.91 Å². The van der Waals surface area contributed by atoms with E-state index in [-0.39, 0.29) is 25.0 Å². The Bertz CT molecular complexity index is 1220. The van der Waals surface area contributed by atoms with E-state index in [2.05, 4.69) is 10.6 Å². The Kier molecular flexibility index (Phi) is 9.86. The molecule has 200 valence electrons. The second-order valence-corrected chi connectivity index (χ2v) is 8.43. The molecule has 3 aromatic carbocycles. The Morgan fingerprint density at radius 1 is 0.763 bits per heavy atom. The van der Waals surface area contributed by atoms with Crippen LogP contribution in [-0.4, -0.2) is 37.2 Å². The van der Waals surface area contributed by atoms with Crippen molar-refractivity contribution in [3.05, 3.63) is 107 Å². The number of carbonyl (C=O) groups excluding carboxylic acids is 3. The number of hydrogen-bond donors (Lipinski definition) is 2. The van der Waals surface area contributed by atoms with Gasteiger partial charge in [-0.2, -0.15) is 13.2 Å². The van der Waals surface area contributed by atoms with Gasteiger partial charge in [-0.3, -0.25) is 4.79 Å². The van der Waals surface area contributed by atoms with Crippen LogP contribution >= 0.6 is 0 Å². The van der Waals surface area contributed by atoms with E-state index in [1.165, 1.54) is 12.1 Å². The molecular formula is C28H27F3N2O5. The largest absolute Gasteiger partial charge is 0.467 e. The summed E-state index contributed by atoms with van der Waals surface area (Å²) < 4.78 is 49.4. The van der Waals surface area contributed by atoms with Crippen molar-refractivity contribution in [3.8, 4) is 0 Å². The van der Waals surface area contributed by atoms with Crippen LogP contribution < -0.4 is 10.6 Å². The molecule has 2 amide bonds. The molecule has 10 heteroatoms. The lowest BCUT2D eigenvalue weighted by Crippen LogP contribution is -2.53. The molecule has 0 spiro atoms. The zero-order valence-corrected chi connectivity index (χ0v) is 20.5. The minimum Gasteiger partial charge on any atom is -0.467 e. The zero-order chi connectivity index (χ0) is 27.5. The fraction of sp³-hybridized carbons (Fsp3) is 0.250. The summed E-state index contributed by atoms with van der Waals surface area (Å²) in [5.41, 5.74) is 0.766. The third kappa shape index (κ3) is 8.65. The maximum absolute atomic E-state index is 13.2. The molecule has 3 rings (SSSR count). The lowest BCUT2D eigenvalue weighted by molar-refractivity contribution is -0.145. The number of alkyl halides is 3. The van der Waals surface area contributed by atoms with Crippen molar-refractivity contribution >= 4 is 18.0 Å². The number of hydrogen-bond acceptors (Lipinski definition) is 5. The standard InChI is InChI=1S/C28H27F3N2O5/c1-37-26(35)24(17-21-13-8-14-22(15-21)28(29,30)31)32-25(34)23(16-19-9-4-2-5-10-19)33-27(36)38-18-20-11-6-3-7-12-20/h2-15,23-24H,16-18H2,1H3,(H,32,34)(H,33,36)/t23-,24+/m1/s1. The quantitative estimate of drug-likeness (QED) is 0.380. The molecule has 0 aliphatic heterocycles. The van der Waals surface area contributed by atoms with Crippen LogP contribution in [0.25, 0.3) is 0 Å². The summed E-state index contributed by atoms with van der Waals surface area (Å²) in [4.78, 5) is 38.2. The molecule has 0 saturated heterocycles. The van der Waals surface area contributed by atoms with Crippen LogP contribution in [0.15, 0.2) is 84.9 Å². The SMILES string of the molecule is COC(=O)[C@H](Cc1cccc(C(F)(F)F)c1)NC(=O)[C@@H](Cc1ccccc1)NC(=O)OCc1ccccc1. The molecule has 3 aromatic rings. The van der Waals surface area contributed by atoms with Crippen LogP contribution in [-0.2, 0) is 44.7 Å². The number of nitrogens with one attached hydrogen (secondary N) is 2. The maximum Gasteiger partial charge on any atom is 0.416 e. The van der Waals surface area contributed by atoms with E-state index >= 15 is 0 Å². The minimum absolute atomic E-state index is 0.0211. The monoisotopic (exact) mass is 528 g/mol. The molecule has 0 fully saturated rings. The summed E-state index contributed by atoms with van der Waals surface area (Å²) in [5, 5.41) is 5.03. The topological polar surface area (TPSA) is 93.7 Å². The third-order valence-corrected chi connectivity index (χ3v) is 5.60. The predicted octanol–water partition coefficient (Wildman–Crippen LogP) is 4.44. The molecular weight excluding hydrogens is 501 g/mol. The van der Waals surface area contributed by atoms with Crippen LogP contribution in [0, 0.1) is 0 Å². The Labute approximate surface area is 218 Å². The highest BCUT2D eigenvalue weighted by atomic mass is 19.4. The summed E-state index contributed by atoms with van der Waals surface area (Å²) >= 11 is 0. The fourth-order valence-corrected chi connectivity index (χ4v) is 3.68. The van der Waals surface area contributed by atoms with Crippen molar-refractivity contribution in [2.45, 2.75) is 37.7 Å². The van der Waals surface area contributed by atoms with E-state index in [4.69, 9.17) is 9.47 Å². The number of halogens is 3. The first-order chi connectivity index (χ1) is 18.2. The highest BCUT2D eigenvalue weighted by Crippen LogP contribution is 2.29. The number of alkyl carbamates (subject to hydrolysis) is 1. The van der Waals surface area contributed by atoms with Crippen molar-refractivity contribution in [1.29, 1.82) is 0 Å². The van der Waals surface area contributed by atoms with Gasteiger partial charge in [0.05, 0.1) is 12.7 Å². The number of amides is 2. The maximum atomic E-state index is 13.2. The second kappa shape index (κ2) is 13.3. The van der Waals surface area contributed by atoms with E-state index in [9.17, 15) is 27.6 Å². The van der Waals surface area contributed by atoms with Gasteiger partial charge in [0.15, 0.2) is 0 Å². The number of rotatable bonds is 10. The van der Waals surface area contributed by atoms with E-state index in [0.29, 0.717) is 0 Å². The lowest BCUT2D eigenvalue weighted by atomic mass is 10.0. The van der Waals surface area contributed by atoms with E-state index in [0.717, 1.165) is 30.4 Å². The van der Waals surface area contributed by atoms with E-state index in [1.807, 2.05) is 6.07 Å². The van der Waals surface area contributed by atoms with Gasteiger partial charge in [-0.1, -0.05) is 78.9 Å². The molecule has 7 nitrogen and oxygen atoms in total. The molecule has 2 atom stereocenters. The second-order valence-electron chi connectivity index (χ2n) is 8.43. The van der Waals surface area contributed by atoms with Crippen molar-refractivity contribution in [1.82, 2.24) is 10.6 Å². The van der Waals surface area contributed by atoms with Crippen molar-refractivity contribution < 1.29 is 37.0 Å². The Morgan fingerprint density at radius 3 is 1.95 bits per heavy atom. The normalized spacial score (nSPS) is 12.6. The van der Waals surface area contributed by atoms with Crippen molar-refractivity contribution in [2.75, 3.05) is 7.11 Å². The molecule has 0 aromatic heterocycles. The first-order valence-electron chi connectivity index (χ1n) is 11.7. The smallest absolute Gasteiger partial charge is 0.416 e. The van der Waals surface area contributed by atoms with E-state index in [1.54, 1.807) is 54.6 Å². The molecule has 0 unspecified atom stereocenters. The molecule has 0 radical (unpaired) electrons. The fourth-order valence-electron chi connectivity index (χ4n) is 3.68. The van der Waals surface area contributed by atoms with Crippen LogP contribution in [0.5, 0.6) is 0 Å². The van der Waals surface area contributed by atoms with Crippen molar-refractivity contribution in [3.63, 3.8) is 0 Å². The number of benzene rings is 3. The average molecular weight is 529 g/mol. The Balaban J connectivity index is 1.75. The van der Waals surface area contributed by atoms with Gasteiger partial charge in [0, 0.05) is 12.8 Å². The van der Waals surface area contributed by atoms with Crippen LogP contribution in [0.4, 0.5) is 18.0 Å². The molecule has 0 saturated carbocycles. The summed E-state index contributed by atoms with van der Waals surface area (Å²) in [6, 6.07) is 19.8. The number of ether oxygens (including phenoxy) is 2. The molecule has 38 heavy (non-hydrogen) atoms. The number of carbonyl (C=O) groups is 3. The molecule has 0 heterocycles. The highest BCUT2D eigenvalue weighted by molar-refractivity contribution is 5.90. The minimum atomic E-state index is -4.56. The highest BCUT2D eigenvalue weighted by Gasteiger charge is 2.32. The summed E-state index contributed by atoms with van der Waals surface area (Å²) in [6.07, 6.45) is -5.59. The van der Waals surface area contributed by atoms with Gasteiger partial charge in [-0.25, -0.2) is 9.59 Å². The first-order valence-corrected chi connectivity index (χ1v) is 11.7. The van der Waals surface area contributed by atoms with Gasteiger partial charge in [0.1, 0.15) is 18.7 Å². The molecule has 0 aliphatic carbocycles. The summed E-state index contributed by atoms with van der Waals surface area (Å²) in [6.45, 7) is -0.0211. The van der Waals surface area contributed by atoms with Gasteiger partial charge >= 0.3 is 18.2 Å². The van der Waals surface area contributed by atoms with E-state index < -0.39 is 41.8 Å². The number of methoxy groups -OCH3 is 1. The zero-order valence-electron chi connectivity index (χ0n) is 20.5. The molecule has 0 aliphatic rings. The predicted molar refractivity (Wildman–Crippen MR) is 133 cm³/mol. The Hall–Kier alpha value is -4.34. The number of esters is 1. The van der Waals surface area contributed by atoms with Crippen LogP contribution in [0.1, 0.15) is 22.3 Å². The third-order valence-electron chi connectivity index (χ3n) is 5.60. The first kappa shape index (κ1) is 28.2. The lowest BCUT2D eigenvalue weighted by Gasteiger charge is -2.22.